The molecule has 0 radical (unpaired) electrons. The molecule has 0 spiro atoms. The van der Waals surface area contributed by atoms with Crippen molar-refractivity contribution >= 4 is 54.0 Å². The summed E-state index contributed by atoms with van der Waals surface area (Å²) in [6, 6.07) is 0. The Bertz CT molecular complexity index is 206. The van der Waals surface area contributed by atoms with Gasteiger partial charge in [0.1, 0.15) is 15.3 Å². The zero-order valence-electron chi connectivity index (χ0n) is 8.33. The topological polar surface area (TPSA) is 35.5 Å². The van der Waals surface area contributed by atoms with Crippen molar-refractivity contribution in [2.24, 2.45) is 0 Å². The van der Waals surface area contributed by atoms with E-state index in [0.29, 0.717) is 0 Å². The maximum Gasteiger partial charge on any atom is 0.339 e. The first-order valence-corrected chi connectivity index (χ1v) is 7.69. The Kier molecular flexibility index (Phi) is 8.26. The van der Waals surface area contributed by atoms with Crippen molar-refractivity contribution in [1.82, 2.24) is 0 Å². The van der Waals surface area contributed by atoms with Crippen LogP contribution >= 0.6 is 54.0 Å². The maximum absolute atomic E-state index is 12.2. The predicted octanol–water partition coefficient (Wildman–Crippen LogP) is 4.23. The summed E-state index contributed by atoms with van der Waals surface area (Å²) in [4.78, 5) is -2.04. The zero-order valence-corrected chi connectivity index (χ0v) is 12.2. The third-order valence-electron chi connectivity index (χ3n) is 1.50. The van der Waals surface area contributed by atoms with Crippen molar-refractivity contribution in [3.8, 4) is 0 Å². The molecule has 0 amide bonds. The minimum atomic E-state index is -3.47. The van der Waals surface area contributed by atoms with Gasteiger partial charge in [-0.05, 0) is 13.8 Å². The van der Waals surface area contributed by atoms with E-state index in [1.54, 1.807) is 13.8 Å². The van der Waals surface area contributed by atoms with Crippen LogP contribution in [0.2, 0.25) is 0 Å². The minimum Gasteiger partial charge on any atom is -0.309 e. The smallest absolute Gasteiger partial charge is 0.309 e. The lowest BCUT2D eigenvalue weighted by Gasteiger charge is -2.27. The van der Waals surface area contributed by atoms with Gasteiger partial charge in [-0.1, -0.05) is 0 Å². The largest absolute Gasteiger partial charge is 0.339 e. The second kappa shape index (κ2) is 7.60. The summed E-state index contributed by atoms with van der Waals surface area (Å²) in [5, 5.41) is 0. The van der Waals surface area contributed by atoms with Gasteiger partial charge in [0, 0.05) is 0 Å². The predicted molar refractivity (Wildman–Crippen MR) is 65.6 cm³/mol. The van der Waals surface area contributed by atoms with Crippen molar-refractivity contribution < 1.29 is 13.6 Å². The lowest BCUT2D eigenvalue weighted by atomic mass is 10.5. The molecule has 0 fully saturated rings. The molecule has 0 N–H and O–H groups in total. The highest BCUT2D eigenvalue weighted by molar-refractivity contribution is 7.55. The molecule has 0 bridgehead atoms. The summed E-state index contributed by atoms with van der Waals surface area (Å²) in [5.41, 5.74) is -0.955. The van der Waals surface area contributed by atoms with E-state index in [4.69, 9.17) is 55.5 Å². The first-order chi connectivity index (χ1) is 6.89. The zero-order chi connectivity index (χ0) is 12.1. The van der Waals surface area contributed by atoms with Crippen LogP contribution in [0, 0.1) is 0 Å². The average Bonchev–Trinajstić information content (AvgIpc) is 2.02. The number of hydrogen-bond donors (Lipinski definition) is 0. The van der Waals surface area contributed by atoms with Crippen LogP contribution in [-0.4, -0.2) is 28.5 Å². The van der Waals surface area contributed by atoms with Crippen molar-refractivity contribution in [2.45, 2.75) is 29.2 Å². The number of alkyl halides is 4. The molecule has 0 aliphatic carbocycles. The maximum atomic E-state index is 12.2. The second-order valence-electron chi connectivity index (χ2n) is 2.53. The molecule has 0 rings (SSSR count). The van der Waals surface area contributed by atoms with Crippen LogP contribution in [0.4, 0.5) is 0 Å². The quantitative estimate of drug-likeness (QED) is 0.520. The van der Waals surface area contributed by atoms with Gasteiger partial charge in [-0.3, -0.25) is 4.57 Å². The molecular weight excluding hydrogens is 305 g/mol. The van der Waals surface area contributed by atoms with E-state index in [0.717, 1.165) is 0 Å². The molecule has 8 heteroatoms. The Morgan fingerprint density at radius 1 is 1.00 bits per heavy atom. The lowest BCUT2D eigenvalue weighted by molar-refractivity contribution is 0.213. The van der Waals surface area contributed by atoms with E-state index in [2.05, 4.69) is 0 Å². The number of halogens is 4. The van der Waals surface area contributed by atoms with Gasteiger partial charge in [0.2, 0.25) is 0 Å². The van der Waals surface area contributed by atoms with Gasteiger partial charge < -0.3 is 9.05 Å². The van der Waals surface area contributed by atoms with Gasteiger partial charge in [-0.2, -0.15) is 0 Å². The van der Waals surface area contributed by atoms with E-state index in [1.165, 1.54) is 0 Å². The molecule has 0 aliphatic heterocycles. The molecule has 0 atom stereocenters. The second-order valence-corrected chi connectivity index (χ2v) is 7.05. The lowest BCUT2D eigenvalue weighted by Crippen LogP contribution is -2.26. The molecule has 92 valence electrons. The number of rotatable bonds is 7. The molecule has 0 saturated carbocycles. The molecule has 3 nitrogen and oxygen atoms in total. The Balaban J connectivity index is 4.91. The SMILES string of the molecule is CCOP(=O)(OCC)C(C(Cl)Cl)C(Cl)Cl. The van der Waals surface area contributed by atoms with Gasteiger partial charge in [-0.25, -0.2) is 0 Å². The van der Waals surface area contributed by atoms with Crippen molar-refractivity contribution in [1.29, 1.82) is 0 Å². The molecule has 0 aliphatic rings. The van der Waals surface area contributed by atoms with E-state index in [9.17, 15) is 4.57 Å². The van der Waals surface area contributed by atoms with Crippen molar-refractivity contribution in [3.63, 3.8) is 0 Å². The van der Waals surface area contributed by atoms with Crippen LogP contribution in [0.1, 0.15) is 13.8 Å². The molecule has 15 heavy (non-hydrogen) atoms. The van der Waals surface area contributed by atoms with Gasteiger partial charge in [-0.15, -0.1) is 46.4 Å². The van der Waals surface area contributed by atoms with Gasteiger partial charge in [0.05, 0.1) is 13.2 Å². The van der Waals surface area contributed by atoms with E-state index in [-0.39, 0.29) is 13.2 Å². The van der Waals surface area contributed by atoms with Crippen LogP contribution in [0.25, 0.3) is 0 Å². The Labute approximate surface area is 110 Å². The Hall–Kier alpha value is 1.31. The fraction of sp³-hybridized carbons (Fsp3) is 1.00. The van der Waals surface area contributed by atoms with Gasteiger partial charge in [0.25, 0.3) is 0 Å². The summed E-state index contributed by atoms with van der Waals surface area (Å²) in [7, 11) is -3.47. The fourth-order valence-electron chi connectivity index (χ4n) is 0.955. The normalized spacial score (nSPS) is 13.1. The summed E-state index contributed by atoms with van der Waals surface area (Å²) in [6.45, 7) is 3.76. The molecule has 0 saturated heterocycles. The first-order valence-electron chi connectivity index (χ1n) is 4.34. The van der Waals surface area contributed by atoms with E-state index < -0.39 is 22.9 Å². The molecule has 0 aromatic rings. The van der Waals surface area contributed by atoms with Crippen molar-refractivity contribution in [3.05, 3.63) is 0 Å². The van der Waals surface area contributed by atoms with Crippen molar-refractivity contribution in [2.75, 3.05) is 13.2 Å². The first kappa shape index (κ1) is 16.3. The third kappa shape index (κ3) is 4.99. The van der Waals surface area contributed by atoms with Gasteiger partial charge >= 0.3 is 7.60 Å². The highest BCUT2D eigenvalue weighted by Crippen LogP contribution is 2.58. The summed E-state index contributed by atoms with van der Waals surface area (Å²) in [5.74, 6) is 0. The van der Waals surface area contributed by atoms with Crippen LogP contribution in [-0.2, 0) is 13.6 Å². The Morgan fingerprint density at radius 2 is 1.33 bits per heavy atom. The highest BCUT2D eigenvalue weighted by Gasteiger charge is 2.44. The third-order valence-corrected chi connectivity index (χ3v) is 5.85. The molecule has 0 aromatic heterocycles. The highest BCUT2D eigenvalue weighted by atomic mass is 35.5. The molecule has 0 heterocycles. The summed E-state index contributed by atoms with van der Waals surface area (Å²) in [6.07, 6.45) is 0. The van der Waals surface area contributed by atoms with Crippen LogP contribution in [0.15, 0.2) is 0 Å². The standard InChI is InChI=1S/C7H13Cl4O3P/c1-3-13-15(12,14-4-2)5(6(8)9)7(10)11/h5-7H,3-4H2,1-2H3. The average molecular weight is 318 g/mol. The summed E-state index contributed by atoms with van der Waals surface area (Å²) < 4.78 is 22.3. The monoisotopic (exact) mass is 316 g/mol. The van der Waals surface area contributed by atoms with Crippen LogP contribution < -0.4 is 0 Å². The minimum absolute atomic E-state index is 0.203. The molecule has 0 unspecified atom stereocenters. The fourth-order valence-corrected chi connectivity index (χ4v) is 5.18. The van der Waals surface area contributed by atoms with E-state index >= 15 is 0 Å². The van der Waals surface area contributed by atoms with E-state index in [1.807, 2.05) is 0 Å². The summed E-state index contributed by atoms with van der Waals surface area (Å²) >= 11 is 22.6. The van der Waals surface area contributed by atoms with Gasteiger partial charge in [0.15, 0.2) is 0 Å². The van der Waals surface area contributed by atoms with Crippen LogP contribution in [0.5, 0.6) is 0 Å². The number of hydrogen-bond acceptors (Lipinski definition) is 3. The molecule has 0 aromatic carbocycles. The Morgan fingerprint density at radius 3 is 1.53 bits per heavy atom. The molecular formula is C7H13Cl4O3P. The van der Waals surface area contributed by atoms with Crippen LogP contribution in [0.3, 0.4) is 0 Å².